The molecule has 0 amide bonds. The number of rotatable bonds is 3. The molecule has 0 aliphatic heterocycles. The Morgan fingerprint density at radius 1 is 1.41 bits per heavy atom. The van der Waals surface area contributed by atoms with Crippen LogP contribution in [0.4, 0.5) is 0 Å². The number of benzene rings is 1. The van der Waals surface area contributed by atoms with Crippen molar-refractivity contribution in [2.75, 3.05) is 0 Å². The lowest BCUT2D eigenvalue weighted by molar-refractivity contribution is 0.718. The normalized spacial score (nSPS) is 9.82. The first-order chi connectivity index (χ1) is 8.22. The van der Waals surface area contributed by atoms with Gasteiger partial charge in [-0.25, -0.2) is 0 Å². The molecular weight excluding hydrogens is 212 g/mol. The molecule has 0 fully saturated rings. The van der Waals surface area contributed by atoms with Gasteiger partial charge in [0.15, 0.2) is 0 Å². The van der Waals surface area contributed by atoms with Gasteiger partial charge in [0, 0.05) is 11.8 Å². The van der Waals surface area contributed by atoms with Gasteiger partial charge in [-0.2, -0.15) is 5.10 Å². The van der Waals surface area contributed by atoms with Gasteiger partial charge in [-0.1, -0.05) is 36.3 Å². The SMILES string of the molecule is C#CCn1cc(C(=N)N)c(-c2ccccc2)n1. The van der Waals surface area contributed by atoms with Crippen LogP contribution < -0.4 is 5.73 Å². The molecule has 0 unspecified atom stereocenters. The minimum Gasteiger partial charge on any atom is -0.384 e. The number of nitrogens with zero attached hydrogens (tertiary/aromatic N) is 2. The van der Waals surface area contributed by atoms with E-state index in [0.717, 1.165) is 5.56 Å². The van der Waals surface area contributed by atoms with Crippen molar-refractivity contribution in [3.63, 3.8) is 0 Å². The number of hydrogen-bond acceptors (Lipinski definition) is 2. The number of nitrogens with one attached hydrogen (secondary N) is 1. The number of aromatic nitrogens is 2. The molecule has 0 atom stereocenters. The number of hydrogen-bond donors (Lipinski definition) is 2. The second-order valence-electron chi connectivity index (χ2n) is 3.57. The van der Waals surface area contributed by atoms with Crippen LogP contribution in [-0.4, -0.2) is 15.6 Å². The molecule has 84 valence electrons. The van der Waals surface area contributed by atoms with Gasteiger partial charge in [0.2, 0.25) is 0 Å². The van der Waals surface area contributed by atoms with Gasteiger partial charge in [0.05, 0.1) is 5.56 Å². The monoisotopic (exact) mass is 224 g/mol. The molecule has 2 rings (SSSR count). The van der Waals surface area contributed by atoms with Gasteiger partial charge in [-0.15, -0.1) is 6.42 Å². The van der Waals surface area contributed by atoms with Crippen LogP contribution in [0.25, 0.3) is 11.3 Å². The van der Waals surface area contributed by atoms with Crippen LogP contribution in [-0.2, 0) is 6.54 Å². The standard InChI is InChI=1S/C13H12N4/c1-2-8-17-9-11(13(14)15)12(16-17)10-6-4-3-5-7-10/h1,3-7,9H,8H2,(H3,14,15). The maximum Gasteiger partial charge on any atom is 0.126 e. The van der Waals surface area contributed by atoms with E-state index in [1.807, 2.05) is 30.3 Å². The van der Waals surface area contributed by atoms with Gasteiger partial charge in [-0.3, -0.25) is 10.1 Å². The summed E-state index contributed by atoms with van der Waals surface area (Å²) in [6, 6.07) is 9.61. The average Bonchev–Trinajstić information content (AvgIpc) is 2.75. The predicted octanol–water partition coefficient (Wildman–Crippen LogP) is 1.47. The lowest BCUT2D eigenvalue weighted by atomic mass is 10.1. The number of terminal acetylenes is 1. The molecule has 0 bridgehead atoms. The van der Waals surface area contributed by atoms with Gasteiger partial charge < -0.3 is 5.73 Å². The Hall–Kier alpha value is -2.54. The van der Waals surface area contributed by atoms with Crippen molar-refractivity contribution >= 4 is 5.84 Å². The van der Waals surface area contributed by atoms with Gasteiger partial charge in [-0.05, 0) is 0 Å². The molecule has 0 saturated carbocycles. The molecule has 1 aromatic carbocycles. The van der Waals surface area contributed by atoms with Crippen LogP contribution in [0.15, 0.2) is 36.5 Å². The Bertz CT molecular complexity index is 575. The maximum atomic E-state index is 7.54. The Morgan fingerprint density at radius 3 is 2.71 bits per heavy atom. The largest absolute Gasteiger partial charge is 0.384 e. The molecule has 1 heterocycles. The molecule has 4 heteroatoms. The smallest absolute Gasteiger partial charge is 0.126 e. The highest BCUT2D eigenvalue weighted by Crippen LogP contribution is 2.21. The zero-order valence-corrected chi connectivity index (χ0v) is 9.22. The third-order valence-corrected chi connectivity index (χ3v) is 2.35. The second kappa shape index (κ2) is 4.54. The zero-order valence-electron chi connectivity index (χ0n) is 9.22. The predicted molar refractivity (Wildman–Crippen MR) is 67.5 cm³/mol. The molecule has 1 aromatic heterocycles. The fourth-order valence-corrected chi connectivity index (χ4v) is 1.60. The van der Waals surface area contributed by atoms with Crippen molar-refractivity contribution in [3.05, 3.63) is 42.1 Å². The molecule has 4 nitrogen and oxygen atoms in total. The molecule has 0 radical (unpaired) electrons. The summed E-state index contributed by atoms with van der Waals surface area (Å²) in [5, 5.41) is 11.9. The third-order valence-electron chi connectivity index (χ3n) is 2.35. The number of nitrogen functional groups attached to an aromatic ring is 1. The van der Waals surface area contributed by atoms with Gasteiger partial charge in [0.25, 0.3) is 0 Å². The van der Waals surface area contributed by atoms with Crippen molar-refractivity contribution in [2.45, 2.75) is 6.54 Å². The van der Waals surface area contributed by atoms with E-state index in [9.17, 15) is 0 Å². The van der Waals surface area contributed by atoms with Gasteiger partial charge >= 0.3 is 0 Å². The molecule has 2 aromatic rings. The average molecular weight is 224 g/mol. The fourth-order valence-electron chi connectivity index (χ4n) is 1.60. The molecule has 17 heavy (non-hydrogen) atoms. The molecule has 0 aliphatic carbocycles. The Kier molecular flexibility index (Phi) is 2.93. The summed E-state index contributed by atoms with van der Waals surface area (Å²) in [7, 11) is 0. The molecule has 0 aliphatic rings. The van der Waals surface area contributed by atoms with Crippen LogP contribution in [0.3, 0.4) is 0 Å². The van der Waals surface area contributed by atoms with E-state index >= 15 is 0 Å². The fraction of sp³-hybridized carbons (Fsp3) is 0.0769. The van der Waals surface area contributed by atoms with Crippen LogP contribution in [0.5, 0.6) is 0 Å². The highest BCUT2D eigenvalue weighted by Gasteiger charge is 2.12. The van der Waals surface area contributed by atoms with Crippen molar-refractivity contribution in [3.8, 4) is 23.6 Å². The summed E-state index contributed by atoms with van der Waals surface area (Å²) in [4.78, 5) is 0. The Labute approximate surface area is 99.6 Å². The van der Waals surface area contributed by atoms with E-state index in [0.29, 0.717) is 17.8 Å². The summed E-state index contributed by atoms with van der Waals surface area (Å²) < 4.78 is 1.61. The molecule has 0 spiro atoms. The lowest BCUT2D eigenvalue weighted by Gasteiger charge is -1.99. The third kappa shape index (κ3) is 2.18. The number of amidine groups is 1. The topological polar surface area (TPSA) is 67.7 Å². The highest BCUT2D eigenvalue weighted by molar-refractivity contribution is 6.00. The second-order valence-corrected chi connectivity index (χ2v) is 3.57. The maximum absolute atomic E-state index is 7.54. The molecule has 3 N–H and O–H groups in total. The highest BCUT2D eigenvalue weighted by atomic mass is 15.3. The number of nitrogens with two attached hydrogens (primary N) is 1. The Balaban J connectivity index is 2.53. The first-order valence-corrected chi connectivity index (χ1v) is 5.13. The quantitative estimate of drug-likeness (QED) is 0.471. The molecular formula is C13H12N4. The zero-order chi connectivity index (χ0) is 12.3. The summed E-state index contributed by atoms with van der Waals surface area (Å²) in [5.41, 5.74) is 7.76. The first kappa shape index (κ1) is 11.0. The first-order valence-electron chi connectivity index (χ1n) is 5.13. The van der Waals surface area contributed by atoms with E-state index in [2.05, 4.69) is 11.0 Å². The van der Waals surface area contributed by atoms with E-state index in [-0.39, 0.29) is 5.84 Å². The van der Waals surface area contributed by atoms with Crippen LogP contribution >= 0.6 is 0 Å². The minimum absolute atomic E-state index is 0.00729. The van der Waals surface area contributed by atoms with Crippen molar-refractivity contribution in [1.82, 2.24) is 9.78 Å². The minimum atomic E-state index is -0.00729. The summed E-state index contributed by atoms with van der Waals surface area (Å²) in [6.45, 7) is 0.368. The van der Waals surface area contributed by atoms with Crippen molar-refractivity contribution < 1.29 is 0 Å². The van der Waals surface area contributed by atoms with E-state index in [1.54, 1.807) is 10.9 Å². The summed E-state index contributed by atoms with van der Waals surface area (Å²) in [5.74, 6) is 2.50. The van der Waals surface area contributed by atoms with Crippen molar-refractivity contribution in [1.29, 1.82) is 5.41 Å². The van der Waals surface area contributed by atoms with Crippen LogP contribution in [0.1, 0.15) is 5.56 Å². The van der Waals surface area contributed by atoms with Crippen LogP contribution in [0, 0.1) is 17.8 Å². The molecule has 0 saturated heterocycles. The van der Waals surface area contributed by atoms with Gasteiger partial charge in [0.1, 0.15) is 18.1 Å². The van der Waals surface area contributed by atoms with E-state index in [1.165, 1.54) is 0 Å². The lowest BCUT2D eigenvalue weighted by Crippen LogP contribution is -2.11. The summed E-state index contributed by atoms with van der Waals surface area (Å²) >= 11 is 0. The van der Waals surface area contributed by atoms with Crippen LogP contribution in [0.2, 0.25) is 0 Å². The summed E-state index contributed by atoms with van der Waals surface area (Å²) in [6.07, 6.45) is 6.94. The van der Waals surface area contributed by atoms with E-state index in [4.69, 9.17) is 17.6 Å². The van der Waals surface area contributed by atoms with E-state index < -0.39 is 0 Å². The Morgan fingerprint density at radius 2 is 2.12 bits per heavy atom. The van der Waals surface area contributed by atoms with Crippen molar-refractivity contribution in [2.24, 2.45) is 5.73 Å².